The van der Waals surface area contributed by atoms with Crippen LogP contribution in [0.25, 0.3) is 0 Å². The molecule has 3 rings (SSSR count). The number of aryl methyl sites for hydroxylation is 1. The summed E-state index contributed by atoms with van der Waals surface area (Å²) in [5.74, 6) is -0.711. The third-order valence-electron chi connectivity index (χ3n) is 4.24. The van der Waals surface area contributed by atoms with Gasteiger partial charge in [0.15, 0.2) is 18.1 Å². The summed E-state index contributed by atoms with van der Waals surface area (Å²) in [7, 11) is 0. The van der Waals surface area contributed by atoms with Crippen LogP contribution >= 0.6 is 11.3 Å². The van der Waals surface area contributed by atoms with E-state index in [1.165, 1.54) is 23.5 Å². The summed E-state index contributed by atoms with van der Waals surface area (Å²) in [6, 6.07) is 4.63. The molecule has 1 aromatic carbocycles. The van der Waals surface area contributed by atoms with E-state index < -0.39 is 24.5 Å². The molecule has 0 saturated carbocycles. The van der Waals surface area contributed by atoms with E-state index in [1.54, 1.807) is 13.0 Å². The fourth-order valence-electron chi connectivity index (χ4n) is 2.84. The van der Waals surface area contributed by atoms with Crippen molar-refractivity contribution in [3.63, 3.8) is 0 Å². The van der Waals surface area contributed by atoms with Crippen molar-refractivity contribution in [1.29, 1.82) is 0 Å². The van der Waals surface area contributed by atoms with Crippen LogP contribution in [0.1, 0.15) is 45.0 Å². The van der Waals surface area contributed by atoms with Crippen molar-refractivity contribution in [2.24, 2.45) is 0 Å². The third-order valence-corrected chi connectivity index (χ3v) is 5.59. The van der Waals surface area contributed by atoms with Crippen LogP contribution in [0.2, 0.25) is 0 Å². The van der Waals surface area contributed by atoms with Gasteiger partial charge >= 0.3 is 11.9 Å². The normalized spacial score (nSPS) is 11.8. The van der Waals surface area contributed by atoms with E-state index in [-0.39, 0.29) is 19.0 Å². The summed E-state index contributed by atoms with van der Waals surface area (Å²) in [6.07, 6.45) is 0.720. The fourth-order valence-corrected chi connectivity index (χ4v) is 3.98. The van der Waals surface area contributed by atoms with Crippen molar-refractivity contribution in [1.82, 2.24) is 0 Å². The van der Waals surface area contributed by atoms with Crippen LogP contribution < -0.4 is 14.8 Å². The van der Waals surface area contributed by atoms with Crippen molar-refractivity contribution in [2.45, 2.75) is 27.2 Å². The molecule has 1 N–H and O–H groups in total. The Morgan fingerprint density at radius 1 is 1.10 bits per heavy atom. The summed E-state index contributed by atoms with van der Waals surface area (Å²) >= 11 is 1.31. The number of carbonyl (C=O) groups is 3. The first kappa shape index (κ1) is 20.7. The maximum Gasteiger partial charge on any atom is 0.341 e. The average molecular weight is 419 g/mol. The van der Waals surface area contributed by atoms with Crippen LogP contribution in [-0.4, -0.2) is 37.9 Å². The average Bonchev–Trinajstić information content (AvgIpc) is 3.29. The molecule has 2 aromatic rings. The van der Waals surface area contributed by atoms with Gasteiger partial charge in [0.25, 0.3) is 5.91 Å². The lowest BCUT2D eigenvalue weighted by atomic mass is 10.1. The van der Waals surface area contributed by atoms with Gasteiger partial charge in [-0.05, 0) is 44.0 Å². The number of nitrogens with one attached hydrogen (secondary N) is 1. The third kappa shape index (κ3) is 4.51. The van der Waals surface area contributed by atoms with E-state index in [2.05, 4.69) is 5.32 Å². The number of anilines is 1. The number of fused-ring (bicyclic) bond motifs is 1. The number of rotatable bonds is 7. The van der Waals surface area contributed by atoms with E-state index in [4.69, 9.17) is 18.9 Å². The number of carbonyl (C=O) groups excluding carboxylic acids is 3. The first-order valence-corrected chi connectivity index (χ1v) is 9.92. The fraction of sp³-hybridized carbons (Fsp3) is 0.350. The number of ether oxygens (including phenoxy) is 4. The maximum absolute atomic E-state index is 12.3. The second kappa shape index (κ2) is 8.95. The van der Waals surface area contributed by atoms with Crippen molar-refractivity contribution in [2.75, 3.05) is 25.3 Å². The molecule has 0 spiro atoms. The van der Waals surface area contributed by atoms with Gasteiger partial charge in [-0.25, -0.2) is 9.59 Å². The Hall–Kier alpha value is -3.07. The van der Waals surface area contributed by atoms with Crippen LogP contribution in [-0.2, 0) is 20.7 Å². The van der Waals surface area contributed by atoms with Gasteiger partial charge in [-0.3, -0.25) is 4.79 Å². The highest BCUT2D eigenvalue weighted by molar-refractivity contribution is 7.17. The van der Waals surface area contributed by atoms with Crippen LogP contribution in [0.15, 0.2) is 18.2 Å². The lowest BCUT2D eigenvalue weighted by Crippen LogP contribution is -2.21. The summed E-state index contributed by atoms with van der Waals surface area (Å²) in [4.78, 5) is 37.7. The van der Waals surface area contributed by atoms with Gasteiger partial charge in [0.2, 0.25) is 6.79 Å². The molecule has 8 nitrogen and oxygen atoms in total. The molecule has 0 saturated heterocycles. The minimum absolute atomic E-state index is 0.0962. The van der Waals surface area contributed by atoms with Crippen molar-refractivity contribution < 1.29 is 33.3 Å². The monoisotopic (exact) mass is 419 g/mol. The van der Waals surface area contributed by atoms with E-state index in [0.29, 0.717) is 22.1 Å². The highest BCUT2D eigenvalue weighted by Gasteiger charge is 2.23. The van der Waals surface area contributed by atoms with Crippen LogP contribution in [0.5, 0.6) is 11.5 Å². The first-order chi connectivity index (χ1) is 13.9. The highest BCUT2D eigenvalue weighted by atomic mass is 32.1. The Kier molecular flexibility index (Phi) is 6.38. The molecule has 1 aliphatic heterocycles. The van der Waals surface area contributed by atoms with E-state index >= 15 is 0 Å². The largest absolute Gasteiger partial charge is 0.462 e. The van der Waals surface area contributed by atoms with Crippen molar-refractivity contribution in [3.8, 4) is 11.5 Å². The van der Waals surface area contributed by atoms with Crippen LogP contribution in [0, 0.1) is 6.92 Å². The Labute approximate surface area is 171 Å². The minimum atomic E-state index is -0.666. The summed E-state index contributed by atoms with van der Waals surface area (Å²) in [5, 5.41) is 3.04. The molecule has 1 aromatic heterocycles. The molecule has 9 heteroatoms. The molecule has 154 valence electrons. The Bertz CT molecular complexity index is 951. The molecule has 0 bridgehead atoms. The van der Waals surface area contributed by atoms with E-state index in [0.717, 1.165) is 16.9 Å². The molecule has 0 radical (unpaired) electrons. The zero-order chi connectivity index (χ0) is 21.0. The quantitative estimate of drug-likeness (QED) is 0.687. The molecule has 2 heterocycles. The lowest BCUT2D eigenvalue weighted by Gasteiger charge is -2.08. The van der Waals surface area contributed by atoms with Gasteiger partial charge in [-0.1, -0.05) is 6.92 Å². The molecule has 0 fully saturated rings. The SMILES string of the molecule is CCOC(=O)c1c(NC(=O)COC(=O)c2ccc3c(c2)OCO3)sc(CC)c1C. The Morgan fingerprint density at radius 2 is 1.86 bits per heavy atom. The van der Waals surface area contributed by atoms with Gasteiger partial charge < -0.3 is 24.3 Å². The standard InChI is InChI=1S/C20H21NO7S/c1-4-15-11(3)17(20(24)25-5-2)18(29-15)21-16(22)9-26-19(23)12-6-7-13-14(8-12)28-10-27-13/h6-8H,4-5,9-10H2,1-3H3,(H,21,22). The smallest absolute Gasteiger partial charge is 0.341 e. The molecular formula is C20H21NO7S. The van der Waals surface area contributed by atoms with Crippen molar-refractivity contribution in [3.05, 3.63) is 39.8 Å². The first-order valence-electron chi connectivity index (χ1n) is 9.10. The summed E-state index contributed by atoms with van der Waals surface area (Å²) < 4.78 is 20.6. The molecule has 0 unspecified atom stereocenters. The van der Waals surface area contributed by atoms with Gasteiger partial charge in [-0.15, -0.1) is 11.3 Å². The van der Waals surface area contributed by atoms with Crippen LogP contribution in [0.4, 0.5) is 5.00 Å². The highest BCUT2D eigenvalue weighted by Crippen LogP contribution is 2.34. The molecule has 1 amide bonds. The molecule has 1 aliphatic rings. The molecule has 0 atom stereocenters. The zero-order valence-electron chi connectivity index (χ0n) is 16.3. The van der Waals surface area contributed by atoms with Gasteiger partial charge in [0.05, 0.1) is 17.7 Å². The summed E-state index contributed by atoms with van der Waals surface area (Å²) in [5.41, 5.74) is 1.36. The van der Waals surface area contributed by atoms with E-state index in [1.807, 2.05) is 13.8 Å². The Balaban J connectivity index is 1.65. The van der Waals surface area contributed by atoms with Crippen molar-refractivity contribution >= 4 is 34.2 Å². The molecule has 0 aliphatic carbocycles. The van der Waals surface area contributed by atoms with Crippen LogP contribution in [0.3, 0.4) is 0 Å². The van der Waals surface area contributed by atoms with Gasteiger partial charge in [0, 0.05) is 4.88 Å². The Morgan fingerprint density at radius 3 is 2.59 bits per heavy atom. The number of hydrogen-bond acceptors (Lipinski definition) is 8. The predicted molar refractivity (Wildman–Crippen MR) is 106 cm³/mol. The topological polar surface area (TPSA) is 100 Å². The zero-order valence-corrected chi connectivity index (χ0v) is 17.1. The minimum Gasteiger partial charge on any atom is -0.462 e. The maximum atomic E-state index is 12.3. The number of amides is 1. The number of hydrogen-bond donors (Lipinski definition) is 1. The summed E-state index contributed by atoms with van der Waals surface area (Å²) in [6.45, 7) is 5.33. The second-order valence-electron chi connectivity index (χ2n) is 6.12. The van der Waals surface area contributed by atoms with Gasteiger partial charge in [0.1, 0.15) is 5.00 Å². The van der Waals surface area contributed by atoms with Gasteiger partial charge in [-0.2, -0.15) is 0 Å². The second-order valence-corrected chi connectivity index (χ2v) is 7.23. The number of esters is 2. The predicted octanol–water partition coefficient (Wildman–Crippen LogP) is 3.32. The lowest BCUT2D eigenvalue weighted by molar-refractivity contribution is -0.119. The number of benzene rings is 1. The molecular weight excluding hydrogens is 398 g/mol. The number of thiophene rings is 1. The van der Waals surface area contributed by atoms with E-state index in [9.17, 15) is 14.4 Å². The molecule has 29 heavy (non-hydrogen) atoms.